The maximum atomic E-state index is 7.62. The molecule has 0 aromatic heterocycles. The summed E-state index contributed by atoms with van der Waals surface area (Å²) in [4.78, 5) is 0. The average molecular weight is 202 g/mol. The van der Waals surface area contributed by atoms with Gasteiger partial charge in [0, 0.05) is 0 Å². The molecule has 0 bridgehead atoms. The molecule has 0 atom stereocenters. The van der Waals surface area contributed by atoms with Gasteiger partial charge in [-0.05, 0) is 5.92 Å². The predicted molar refractivity (Wildman–Crippen MR) is 60.3 cm³/mol. The van der Waals surface area contributed by atoms with E-state index in [0.29, 0.717) is 0 Å². The molecule has 0 aromatic carbocycles. The van der Waals surface area contributed by atoms with E-state index in [-0.39, 0.29) is 13.2 Å². The van der Waals surface area contributed by atoms with E-state index in [0.717, 1.165) is 5.92 Å². The average Bonchev–Trinajstić information content (AvgIpc) is 2.28. The molecule has 1 aliphatic carbocycles. The van der Waals surface area contributed by atoms with Gasteiger partial charge in [-0.2, -0.15) is 0 Å². The van der Waals surface area contributed by atoms with Gasteiger partial charge >= 0.3 is 0 Å². The Hall–Kier alpha value is -0.0800. The van der Waals surface area contributed by atoms with Crippen LogP contribution in [-0.4, -0.2) is 23.4 Å². The molecule has 1 aliphatic rings. The summed E-state index contributed by atoms with van der Waals surface area (Å²) in [6.07, 6.45) is 11.9. The Morgan fingerprint density at radius 3 is 2.00 bits per heavy atom. The molecule has 86 valence electrons. The number of unbranched alkanes of at least 4 members (excludes halogenated alkanes) is 1. The lowest BCUT2D eigenvalue weighted by atomic mass is 9.86. The van der Waals surface area contributed by atoms with Gasteiger partial charge in [0.05, 0.1) is 13.2 Å². The highest BCUT2D eigenvalue weighted by Gasteiger charge is 2.11. The van der Waals surface area contributed by atoms with Crippen LogP contribution >= 0.6 is 0 Å². The van der Waals surface area contributed by atoms with Crippen molar-refractivity contribution in [3.8, 4) is 0 Å². The highest BCUT2D eigenvalue weighted by atomic mass is 16.3. The van der Waals surface area contributed by atoms with Crippen molar-refractivity contribution < 1.29 is 10.2 Å². The zero-order valence-corrected chi connectivity index (χ0v) is 9.54. The van der Waals surface area contributed by atoms with Crippen molar-refractivity contribution in [3.63, 3.8) is 0 Å². The minimum atomic E-state index is -0.125. The largest absolute Gasteiger partial charge is 0.394 e. The summed E-state index contributed by atoms with van der Waals surface area (Å²) < 4.78 is 0. The zero-order valence-electron chi connectivity index (χ0n) is 9.54. The van der Waals surface area contributed by atoms with Gasteiger partial charge in [-0.1, -0.05) is 58.3 Å². The molecule has 0 heterocycles. The van der Waals surface area contributed by atoms with E-state index in [2.05, 4.69) is 6.92 Å². The first kappa shape index (κ1) is 13.9. The summed E-state index contributed by atoms with van der Waals surface area (Å²) in [6, 6.07) is 0. The highest BCUT2D eigenvalue weighted by molar-refractivity contribution is 4.65. The molecule has 0 unspecified atom stereocenters. The highest BCUT2D eigenvalue weighted by Crippen LogP contribution is 2.27. The van der Waals surface area contributed by atoms with Gasteiger partial charge in [-0.25, -0.2) is 0 Å². The van der Waals surface area contributed by atoms with Crippen LogP contribution in [0.4, 0.5) is 0 Å². The van der Waals surface area contributed by atoms with Crippen LogP contribution < -0.4 is 0 Å². The zero-order chi connectivity index (χ0) is 10.6. The van der Waals surface area contributed by atoms with Crippen LogP contribution in [0, 0.1) is 5.92 Å². The predicted octanol–water partition coefficient (Wildman–Crippen LogP) is 2.73. The van der Waals surface area contributed by atoms with Crippen LogP contribution in [0.15, 0.2) is 0 Å². The topological polar surface area (TPSA) is 40.5 Å². The third-order valence-corrected chi connectivity index (χ3v) is 2.79. The van der Waals surface area contributed by atoms with Crippen LogP contribution in [0.1, 0.15) is 58.3 Å². The summed E-state index contributed by atoms with van der Waals surface area (Å²) in [7, 11) is 0. The number of aliphatic hydroxyl groups is 2. The normalized spacial score (nSPS) is 17.4. The molecule has 0 aromatic rings. The number of rotatable bonds is 4. The van der Waals surface area contributed by atoms with Crippen molar-refractivity contribution in [2.24, 2.45) is 5.92 Å². The maximum Gasteiger partial charge on any atom is 0.0662 e. The Labute approximate surface area is 88.3 Å². The monoisotopic (exact) mass is 202 g/mol. The fraction of sp³-hybridized carbons (Fsp3) is 1.00. The van der Waals surface area contributed by atoms with Gasteiger partial charge in [0.1, 0.15) is 0 Å². The number of hydrogen-bond acceptors (Lipinski definition) is 2. The number of hydrogen-bond donors (Lipinski definition) is 2. The Morgan fingerprint density at radius 2 is 1.57 bits per heavy atom. The van der Waals surface area contributed by atoms with Gasteiger partial charge < -0.3 is 10.2 Å². The molecule has 2 heteroatoms. The van der Waals surface area contributed by atoms with Crippen LogP contribution in [0.25, 0.3) is 0 Å². The molecule has 0 radical (unpaired) electrons. The maximum absolute atomic E-state index is 7.62. The summed E-state index contributed by atoms with van der Waals surface area (Å²) in [5, 5.41) is 15.2. The Balaban J connectivity index is 0.000000364. The van der Waals surface area contributed by atoms with Crippen molar-refractivity contribution in [1.29, 1.82) is 0 Å². The molecule has 0 saturated heterocycles. The molecule has 1 fully saturated rings. The third kappa shape index (κ3) is 8.52. The van der Waals surface area contributed by atoms with Crippen LogP contribution in [0.2, 0.25) is 0 Å². The summed E-state index contributed by atoms with van der Waals surface area (Å²) >= 11 is 0. The molecule has 2 nitrogen and oxygen atoms in total. The fourth-order valence-corrected chi connectivity index (χ4v) is 1.97. The Morgan fingerprint density at radius 1 is 1.00 bits per heavy atom. The van der Waals surface area contributed by atoms with Crippen molar-refractivity contribution >= 4 is 0 Å². The number of aliphatic hydroxyl groups excluding tert-OH is 2. The molecule has 2 N–H and O–H groups in total. The standard InChI is InChI=1S/C10H20.C2H6O2/c1-2-3-7-10-8-5-4-6-9-10;3-1-2-4/h10H,2-9H2,1H3;3-4H,1-2H2. The fourth-order valence-electron chi connectivity index (χ4n) is 1.97. The molecule has 0 amide bonds. The Bertz CT molecular complexity index is 96.5. The summed E-state index contributed by atoms with van der Waals surface area (Å²) in [5.41, 5.74) is 0. The summed E-state index contributed by atoms with van der Waals surface area (Å²) in [5.74, 6) is 1.11. The van der Waals surface area contributed by atoms with Gasteiger partial charge in [0.15, 0.2) is 0 Å². The van der Waals surface area contributed by atoms with Crippen molar-refractivity contribution in [1.82, 2.24) is 0 Å². The summed E-state index contributed by atoms with van der Waals surface area (Å²) in [6.45, 7) is 2.04. The van der Waals surface area contributed by atoms with Crippen LogP contribution in [0.3, 0.4) is 0 Å². The second kappa shape index (κ2) is 11.0. The van der Waals surface area contributed by atoms with E-state index in [1.807, 2.05) is 0 Å². The SMILES string of the molecule is CCCCC1CCCCC1.OCCO. The Kier molecular flexibility index (Phi) is 10.9. The molecular formula is C12H26O2. The van der Waals surface area contributed by atoms with Crippen molar-refractivity contribution in [2.45, 2.75) is 58.3 Å². The molecular weight excluding hydrogens is 176 g/mol. The molecule has 1 rings (SSSR count). The van der Waals surface area contributed by atoms with Gasteiger partial charge in [0.25, 0.3) is 0 Å². The minimum absolute atomic E-state index is 0.125. The third-order valence-electron chi connectivity index (χ3n) is 2.79. The van der Waals surface area contributed by atoms with E-state index in [4.69, 9.17) is 10.2 Å². The quantitative estimate of drug-likeness (QED) is 0.736. The van der Waals surface area contributed by atoms with E-state index in [9.17, 15) is 0 Å². The molecule has 0 aliphatic heterocycles. The minimum Gasteiger partial charge on any atom is -0.394 e. The van der Waals surface area contributed by atoms with Gasteiger partial charge in [0.2, 0.25) is 0 Å². The molecule has 1 saturated carbocycles. The van der Waals surface area contributed by atoms with Crippen molar-refractivity contribution in [2.75, 3.05) is 13.2 Å². The van der Waals surface area contributed by atoms with Crippen LogP contribution in [-0.2, 0) is 0 Å². The van der Waals surface area contributed by atoms with E-state index < -0.39 is 0 Å². The first-order valence-corrected chi connectivity index (χ1v) is 6.06. The van der Waals surface area contributed by atoms with E-state index >= 15 is 0 Å². The second-order valence-electron chi connectivity index (χ2n) is 4.09. The first-order chi connectivity index (χ1) is 6.85. The van der Waals surface area contributed by atoms with Crippen molar-refractivity contribution in [3.05, 3.63) is 0 Å². The lowest BCUT2D eigenvalue weighted by Gasteiger charge is -2.20. The lowest BCUT2D eigenvalue weighted by Crippen LogP contribution is -2.05. The van der Waals surface area contributed by atoms with E-state index in [1.54, 1.807) is 0 Å². The van der Waals surface area contributed by atoms with E-state index in [1.165, 1.54) is 51.4 Å². The molecule has 0 spiro atoms. The van der Waals surface area contributed by atoms with Gasteiger partial charge in [-0.15, -0.1) is 0 Å². The van der Waals surface area contributed by atoms with Crippen LogP contribution in [0.5, 0.6) is 0 Å². The van der Waals surface area contributed by atoms with Gasteiger partial charge in [-0.3, -0.25) is 0 Å². The molecule has 14 heavy (non-hydrogen) atoms. The smallest absolute Gasteiger partial charge is 0.0662 e. The lowest BCUT2D eigenvalue weighted by molar-refractivity contribution is 0.186. The second-order valence-corrected chi connectivity index (χ2v) is 4.09. The first-order valence-electron chi connectivity index (χ1n) is 6.06.